The van der Waals surface area contributed by atoms with E-state index >= 15 is 0 Å². The molecule has 0 bridgehead atoms. The number of hydrogen-bond acceptors (Lipinski definition) is 5. The van der Waals surface area contributed by atoms with Gasteiger partial charge in [-0.05, 0) is 30.9 Å². The molecule has 0 atom stereocenters. The van der Waals surface area contributed by atoms with Crippen molar-refractivity contribution in [3.63, 3.8) is 0 Å². The summed E-state index contributed by atoms with van der Waals surface area (Å²) in [5.74, 6) is -1.72. The molecule has 29 heavy (non-hydrogen) atoms. The number of carbonyl (C=O) groups is 2. The Morgan fingerprint density at radius 1 is 1.10 bits per heavy atom. The Hall–Kier alpha value is -3.26. The van der Waals surface area contributed by atoms with Gasteiger partial charge in [-0.3, -0.25) is 14.9 Å². The maximum atomic E-state index is 12.7. The van der Waals surface area contributed by atoms with Gasteiger partial charge in [0.1, 0.15) is 0 Å². The first-order chi connectivity index (χ1) is 13.9. The standard InChI is InChI=1S/C21H22N2O6/c24-20(16-12-17(21(25)26)14-18(13-16)23(27)28)22-9-6-19(7-10-22)29-11-8-15-4-2-1-3-5-15/h1-5,12-14,19H,6-11H2,(H,25,26). The second-order valence-corrected chi connectivity index (χ2v) is 6.93. The monoisotopic (exact) mass is 398 g/mol. The molecule has 0 aromatic heterocycles. The second-order valence-electron chi connectivity index (χ2n) is 6.93. The SMILES string of the molecule is O=C(O)c1cc(C(=O)N2CCC(OCCc3ccccc3)CC2)cc([N+](=O)[O-])c1. The molecule has 8 nitrogen and oxygen atoms in total. The summed E-state index contributed by atoms with van der Waals surface area (Å²) < 4.78 is 5.92. The van der Waals surface area contributed by atoms with Crippen molar-refractivity contribution >= 4 is 17.6 Å². The van der Waals surface area contributed by atoms with Gasteiger partial charge in [-0.25, -0.2) is 4.79 Å². The van der Waals surface area contributed by atoms with E-state index in [1.807, 2.05) is 18.2 Å². The van der Waals surface area contributed by atoms with E-state index in [9.17, 15) is 19.7 Å². The third-order valence-corrected chi connectivity index (χ3v) is 4.94. The van der Waals surface area contributed by atoms with Gasteiger partial charge >= 0.3 is 5.97 Å². The average Bonchev–Trinajstić information content (AvgIpc) is 2.74. The number of ether oxygens (including phenoxy) is 1. The van der Waals surface area contributed by atoms with Gasteiger partial charge in [0.15, 0.2) is 0 Å². The third kappa shape index (κ3) is 5.39. The zero-order valence-electron chi connectivity index (χ0n) is 15.8. The molecule has 1 fully saturated rings. The molecule has 0 saturated carbocycles. The lowest BCUT2D eigenvalue weighted by atomic mass is 10.0. The summed E-state index contributed by atoms with van der Waals surface area (Å²) in [6.07, 6.45) is 2.22. The van der Waals surface area contributed by atoms with Crippen molar-refractivity contribution in [1.29, 1.82) is 0 Å². The molecule has 1 aliphatic heterocycles. The zero-order chi connectivity index (χ0) is 20.8. The van der Waals surface area contributed by atoms with E-state index in [-0.39, 0.29) is 17.2 Å². The van der Waals surface area contributed by atoms with Crippen LogP contribution in [0.2, 0.25) is 0 Å². The van der Waals surface area contributed by atoms with Crippen LogP contribution in [0.1, 0.15) is 39.1 Å². The van der Waals surface area contributed by atoms with Crippen molar-refractivity contribution in [3.05, 3.63) is 75.3 Å². The minimum absolute atomic E-state index is 0.0139. The van der Waals surface area contributed by atoms with Gasteiger partial charge in [0, 0.05) is 30.8 Å². The van der Waals surface area contributed by atoms with Gasteiger partial charge in [0.2, 0.25) is 0 Å². The number of non-ortho nitro benzene ring substituents is 1. The molecule has 1 aliphatic rings. The van der Waals surface area contributed by atoms with E-state index in [1.54, 1.807) is 4.90 Å². The number of nitrogens with zero attached hydrogens (tertiary/aromatic N) is 2. The number of likely N-dealkylation sites (tertiary alicyclic amines) is 1. The lowest BCUT2D eigenvalue weighted by Crippen LogP contribution is -2.41. The lowest BCUT2D eigenvalue weighted by Gasteiger charge is -2.32. The Morgan fingerprint density at radius 2 is 1.76 bits per heavy atom. The van der Waals surface area contributed by atoms with Crippen LogP contribution in [0.3, 0.4) is 0 Å². The van der Waals surface area contributed by atoms with E-state index in [4.69, 9.17) is 9.84 Å². The molecular weight excluding hydrogens is 376 g/mol. The average molecular weight is 398 g/mol. The Morgan fingerprint density at radius 3 is 2.38 bits per heavy atom. The van der Waals surface area contributed by atoms with E-state index in [1.165, 1.54) is 11.6 Å². The van der Waals surface area contributed by atoms with Crippen LogP contribution in [-0.2, 0) is 11.2 Å². The summed E-state index contributed by atoms with van der Waals surface area (Å²) in [7, 11) is 0. The van der Waals surface area contributed by atoms with Crippen LogP contribution in [0, 0.1) is 10.1 Å². The number of rotatable bonds is 7. The molecule has 0 aliphatic carbocycles. The third-order valence-electron chi connectivity index (χ3n) is 4.94. The predicted octanol–water partition coefficient (Wildman–Crippen LogP) is 3.16. The number of nitro groups is 1. The van der Waals surface area contributed by atoms with Crippen LogP contribution in [0.15, 0.2) is 48.5 Å². The van der Waals surface area contributed by atoms with E-state index in [2.05, 4.69) is 12.1 Å². The van der Waals surface area contributed by atoms with Crippen LogP contribution in [0.4, 0.5) is 5.69 Å². The largest absolute Gasteiger partial charge is 0.478 e. The van der Waals surface area contributed by atoms with Crippen LogP contribution < -0.4 is 0 Å². The highest BCUT2D eigenvalue weighted by Gasteiger charge is 2.26. The van der Waals surface area contributed by atoms with E-state index in [0.717, 1.165) is 18.6 Å². The highest BCUT2D eigenvalue weighted by atomic mass is 16.6. The molecule has 0 unspecified atom stereocenters. The van der Waals surface area contributed by atoms with E-state index in [0.29, 0.717) is 32.5 Å². The molecule has 152 valence electrons. The molecule has 8 heteroatoms. The summed E-state index contributed by atoms with van der Waals surface area (Å²) in [4.78, 5) is 35.9. The van der Waals surface area contributed by atoms with Gasteiger partial charge in [0.05, 0.1) is 23.2 Å². The molecular formula is C21H22N2O6. The number of carboxylic acid groups (broad SMARTS) is 1. The summed E-state index contributed by atoms with van der Waals surface area (Å²) in [6, 6.07) is 13.3. The molecule has 1 N–H and O–H groups in total. The molecule has 0 spiro atoms. The van der Waals surface area contributed by atoms with Crippen molar-refractivity contribution < 1.29 is 24.4 Å². The van der Waals surface area contributed by atoms with Gasteiger partial charge in [-0.15, -0.1) is 0 Å². The summed E-state index contributed by atoms with van der Waals surface area (Å²) >= 11 is 0. The minimum atomic E-state index is -1.31. The van der Waals surface area contributed by atoms with Crippen LogP contribution >= 0.6 is 0 Å². The summed E-state index contributed by atoms with van der Waals surface area (Å²) in [5.41, 5.74) is 0.536. The number of carbonyl (C=O) groups excluding carboxylic acids is 1. The highest BCUT2D eigenvalue weighted by molar-refractivity contribution is 5.98. The lowest BCUT2D eigenvalue weighted by molar-refractivity contribution is -0.384. The fraction of sp³-hybridized carbons (Fsp3) is 0.333. The fourth-order valence-electron chi connectivity index (χ4n) is 3.36. The highest BCUT2D eigenvalue weighted by Crippen LogP contribution is 2.21. The van der Waals surface area contributed by atoms with Crippen molar-refractivity contribution in [2.75, 3.05) is 19.7 Å². The van der Waals surface area contributed by atoms with Crippen LogP contribution in [0.25, 0.3) is 0 Å². The predicted molar refractivity (Wildman–Crippen MR) is 105 cm³/mol. The first kappa shape index (κ1) is 20.5. The van der Waals surface area contributed by atoms with Crippen LogP contribution in [0.5, 0.6) is 0 Å². The topological polar surface area (TPSA) is 110 Å². The van der Waals surface area contributed by atoms with Gasteiger partial charge in [-0.2, -0.15) is 0 Å². The molecule has 2 aromatic rings. The number of benzene rings is 2. The maximum Gasteiger partial charge on any atom is 0.335 e. The Labute approximate surface area is 167 Å². The van der Waals surface area contributed by atoms with Crippen molar-refractivity contribution in [3.8, 4) is 0 Å². The van der Waals surface area contributed by atoms with Crippen LogP contribution in [-0.4, -0.2) is 52.6 Å². The number of nitro benzene ring substituents is 1. The molecule has 0 radical (unpaired) electrons. The number of amides is 1. The second kappa shape index (κ2) is 9.29. The Kier molecular flexibility index (Phi) is 6.56. The smallest absolute Gasteiger partial charge is 0.335 e. The minimum Gasteiger partial charge on any atom is -0.478 e. The van der Waals surface area contributed by atoms with Gasteiger partial charge < -0.3 is 14.7 Å². The molecule has 1 amide bonds. The van der Waals surface area contributed by atoms with Gasteiger partial charge in [0.25, 0.3) is 11.6 Å². The molecule has 3 rings (SSSR count). The van der Waals surface area contributed by atoms with E-state index < -0.39 is 22.5 Å². The van der Waals surface area contributed by atoms with Crippen molar-refractivity contribution in [2.24, 2.45) is 0 Å². The molecule has 2 aromatic carbocycles. The number of hydrogen-bond donors (Lipinski definition) is 1. The quantitative estimate of drug-likeness (QED) is 0.567. The Balaban J connectivity index is 1.56. The van der Waals surface area contributed by atoms with Crippen molar-refractivity contribution in [2.45, 2.75) is 25.4 Å². The number of piperidine rings is 1. The summed E-state index contributed by atoms with van der Waals surface area (Å²) in [6.45, 7) is 1.52. The molecule has 1 saturated heterocycles. The Bertz CT molecular complexity index is 859. The normalized spacial score (nSPS) is 14.6. The first-order valence-corrected chi connectivity index (χ1v) is 9.41. The number of aromatic carboxylic acids is 1. The maximum absolute atomic E-state index is 12.7. The van der Waals surface area contributed by atoms with Crippen molar-refractivity contribution in [1.82, 2.24) is 4.90 Å². The summed E-state index contributed by atoms with van der Waals surface area (Å²) in [5, 5.41) is 20.2. The molecule has 1 heterocycles. The fourth-order valence-corrected chi connectivity index (χ4v) is 3.36. The zero-order valence-corrected chi connectivity index (χ0v) is 15.8. The van der Waals surface area contributed by atoms with Gasteiger partial charge in [-0.1, -0.05) is 30.3 Å². The first-order valence-electron chi connectivity index (χ1n) is 9.41. The number of carboxylic acids is 1.